The highest BCUT2D eigenvalue weighted by atomic mass is 16.5. The van der Waals surface area contributed by atoms with Gasteiger partial charge < -0.3 is 19.8 Å². The van der Waals surface area contributed by atoms with Gasteiger partial charge >= 0.3 is 5.97 Å². The Balaban J connectivity index is 1.37. The number of carbonyl (C=O) groups is 2. The molecule has 0 aliphatic rings. The van der Waals surface area contributed by atoms with Crippen molar-refractivity contribution >= 4 is 40.1 Å². The molecule has 0 fully saturated rings. The number of nitriles is 1. The van der Waals surface area contributed by atoms with Gasteiger partial charge in [-0.1, -0.05) is 24.3 Å². The highest BCUT2D eigenvalue weighted by Crippen LogP contribution is 2.19. The number of carbonyl (C=O) groups excluding carboxylic acids is 2. The number of esters is 1. The Bertz CT molecular complexity index is 1570. The fraction of sp³-hybridized carbons (Fsp3) is 0.107. The average molecular weight is 495 g/mol. The largest absolute Gasteiger partial charge is 0.484 e. The summed E-state index contributed by atoms with van der Waals surface area (Å²) in [5.74, 6) is -0.157. The van der Waals surface area contributed by atoms with Gasteiger partial charge in [-0.25, -0.2) is 9.78 Å². The molecular weight excluding hydrogens is 472 g/mol. The number of hydrogen-bond acceptors (Lipinski definition) is 7. The van der Waals surface area contributed by atoms with Crippen LogP contribution < -0.4 is 15.6 Å². The SMILES string of the molecule is CCOC(=O)c1ccc(NC(=O)COc2ccc(C=C(C#N)c3nc4ccccc4c(=O)[nH]3)cc2)cc1. The van der Waals surface area contributed by atoms with Crippen LogP contribution in [0, 0.1) is 11.3 Å². The van der Waals surface area contributed by atoms with Crippen LogP contribution in [0.1, 0.15) is 28.7 Å². The maximum absolute atomic E-state index is 12.3. The van der Waals surface area contributed by atoms with E-state index >= 15 is 0 Å². The zero-order chi connectivity index (χ0) is 26.2. The lowest BCUT2D eigenvalue weighted by Gasteiger charge is -2.08. The van der Waals surface area contributed by atoms with Gasteiger partial charge in [0.15, 0.2) is 12.4 Å². The molecule has 2 N–H and O–H groups in total. The second kappa shape index (κ2) is 11.5. The topological polar surface area (TPSA) is 134 Å². The van der Waals surface area contributed by atoms with Gasteiger partial charge in [0.25, 0.3) is 11.5 Å². The Morgan fingerprint density at radius 1 is 1.05 bits per heavy atom. The number of anilines is 1. The number of nitrogens with zero attached hydrogens (tertiary/aromatic N) is 2. The third-order valence-electron chi connectivity index (χ3n) is 5.23. The summed E-state index contributed by atoms with van der Waals surface area (Å²) in [6.45, 7) is 1.79. The molecule has 4 rings (SSSR count). The predicted octanol–water partition coefficient (Wildman–Crippen LogP) is 4.18. The van der Waals surface area contributed by atoms with Gasteiger partial charge in [-0.2, -0.15) is 5.26 Å². The molecule has 1 aromatic heterocycles. The van der Waals surface area contributed by atoms with Crippen molar-refractivity contribution in [2.45, 2.75) is 6.92 Å². The van der Waals surface area contributed by atoms with E-state index in [0.29, 0.717) is 33.5 Å². The molecule has 0 radical (unpaired) electrons. The number of aromatic nitrogens is 2. The van der Waals surface area contributed by atoms with Gasteiger partial charge in [0, 0.05) is 5.69 Å². The number of benzene rings is 3. The summed E-state index contributed by atoms with van der Waals surface area (Å²) in [6.07, 6.45) is 1.60. The van der Waals surface area contributed by atoms with Crippen LogP contribution in [0.2, 0.25) is 0 Å². The lowest BCUT2D eigenvalue weighted by Crippen LogP contribution is -2.20. The molecule has 0 spiro atoms. The first-order valence-electron chi connectivity index (χ1n) is 11.4. The highest BCUT2D eigenvalue weighted by molar-refractivity contribution is 5.94. The van der Waals surface area contributed by atoms with Gasteiger partial charge in [-0.3, -0.25) is 9.59 Å². The minimum atomic E-state index is -0.425. The van der Waals surface area contributed by atoms with E-state index in [2.05, 4.69) is 21.4 Å². The zero-order valence-electron chi connectivity index (χ0n) is 19.9. The number of amides is 1. The molecule has 0 saturated carbocycles. The first kappa shape index (κ1) is 24.9. The number of para-hydroxylation sites is 1. The van der Waals surface area contributed by atoms with Crippen LogP contribution in [-0.4, -0.2) is 35.1 Å². The second-order valence-corrected chi connectivity index (χ2v) is 7.81. The zero-order valence-corrected chi connectivity index (χ0v) is 19.9. The van der Waals surface area contributed by atoms with E-state index in [1.165, 1.54) is 0 Å². The van der Waals surface area contributed by atoms with E-state index in [9.17, 15) is 19.6 Å². The van der Waals surface area contributed by atoms with Crippen molar-refractivity contribution in [1.82, 2.24) is 9.97 Å². The molecule has 0 atom stereocenters. The van der Waals surface area contributed by atoms with Gasteiger partial charge in [0.2, 0.25) is 0 Å². The Morgan fingerprint density at radius 3 is 2.49 bits per heavy atom. The Hall–Kier alpha value is -5.23. The van der Waals surface area contributed by atoms with Crippen molar-refractivity contribution in [2.75, 3.05) is 18.5 Å². The summed E-state index contributed by atoms with van der Waals surface area (Å²) in [5, 5.41) is 12.8. The Labute approximate surface area is 212 Å². The lowest BCUT2D eigenvalue weighted by atomic mass is 10.1. The van der Waals surface area contributed by atoms with Crippen LogP contribution in [0.15, 0.2) is 77.6 Å². The lowest BCUT2D eigenvalue weighted by molar-refractivity contribution is -0.118. The molecule has 0 bridgehead atoms. The molecule has 0 aliphatic carbocycles. The van der Waals surface area contributed by atoms with Gasteiger partial charge in [-0.05, 0) is 67.1 Å². The van der Waals surface area contributed by atoms with E-state index in [1.54, 1.807) is 85.8 Å². The predicted molar refractivity (Wildman–Crippen MR) is 139 cm³/mol. The smallest absolute Gasteiger partial charge is 0.338 e. The number of aromatic amines is 1. The molecule has 4 aromatic rings. The fourth-order valence-electron chi connectivity index (χ4n) is 3.44. The first-order chi connectivity index (χ1) is 18.0. The van der Waals surface area contributed by atoms with Crippen molar-refractivity contribution in [3.63, 3.8) is 0 Å². The molecule has 184 valence electrons. The number of H-pyrrole nitrogens is 1. The van der Waals surface area contributed by atoms with Crippen LogP contribution >= 0.6 is 0 Å². The minimum Gasteiger partial charge on any atom is -0.484 e. The van der Waals surface area contributed by atoms with E-state index in [4.69, 9.17) is 9.47 Å². The van der Waals surface area contributed by atoms with Crippen molar-refractivity contribution in [1.29, 1.82) is 5.26 Å². The van der Waals surface area contributed by atoms with Crippen LogP contribution in [0.5, 0.6) is 5.75 Å². The number of allylic oxidation sites excluding steroid dienone is 1. The van der Waals surface area contributed by atoms with Crippen molar-refractivity contribution in [2.24, 2.45) is 0 Å². The van der Waals surface area contributed by atoms with E-state index in [1.807, 2.05) is 0 Å². The van der Waals surface area contributed by atoms with Crippen LogP contribution in [-0.2, 0) is 9.53 Å². The number of nitrogens with one attached hydrogen (secondary N) is 2. The summed E-state index contributed by atoms with van der Waals surface area (Å²) in [5.41, 5.74) is 1.98. The Morgan fingerprint density at radius 2 is 1.78 bits per heavy atom. The van der Waals surface area contributed by atoms with Gasteiger partial charge in [-0.15, -0.1) is 0 Å². The van der Waals surface area contributed by atoms with Crippen molar-refractivity contribution < 1.29 is 19.1 Å². The van der Waals surface area contributed by atoms with E-state index < -0.39 is 5.97 Å². The molecule has 37 heavy (non-hydrogen) atoms. The third kappa shape index (κ3) is 6.26. The molecule has 0 unspecified atom stereocenters. The molecule has 1 heterocycles. The van der Waals surface area contributed by atoms with Crippen LogP contribution in [0.25, 0.3) is 22.6 Å². The minimum absolute atomic E-state index is 0.179. The van der Waals surface area contributed by atoms with Crippen LogP contribution in [0.4, 0.5) is 5.69 Å². The maximum Gasteiger partial charge on any atom is 0.338 e. The number of rotatable bonds is 8. The molecule has 9 nitrogen and oxygen atoms in total. The number of hydrogen-bond donors (Lipinski definition) is 2. The molecule has 0 aliphatic heterocycles. The van der Waals surface area contributed by atoms with E-state index in [0.717, 1.165) is 0 Å². The Kier molecular flexibility index (Phi) is 7.71. The standard InChI is InChI=1S/C28H22N4O5/c1-2-36-28(35)19-9-11-21(12-10-19)30-25(33)17-37-22-13-7-18(8-14-22)15-20(16-29)26-31-24-6-4-3-5-23(24)27(34)32-26/h3-15H,2,17H2,1H3,(H,30,33)(H,31,32,34). The van der Waals surface area contributed by atoms with Crippen molar-refractivity contribution in [3.8, 4) is 11.8 Å². The molecule has 0 saturated heterocycles. The third-order valence-corrected chi connectivity index (χ3v) is 5.23. The van der Waals surface area contributed by atoms with Crippen molar-refractivity contribution in [3.05, 3.63) is 100 Å². The second-order valence-electron chi connectivity index (χ2n) is 7.81. The molecule has 1 amide bonds. The monoisotopic (exact) mass is 494 g/mol. The number of fused-ring (bicyclic) bond motifs is 1. The summed E-state index contributed by atoms with van der Waals surface area (Å²) in [6, 6.07) is 22.1. The summed E-state index contributed by atoms with van der Waals surface area (Å²) >= 11 is 0. The molecular formula is C28H22N4O5. The molecule has 9 heteroatoms. The number of ether oxygens (including phenoxy) is 2. The fourth-order valence-corrected chi connectivity index (χ4v) is 3.44. The summed E-state index contributed by atoms with van der Waals surface area (Å²) < 4.78 is 10.5. The first-order valence-corrected chi connectivity index (χ1v) is 11.4. The molecule has 3 aromatic carbocycles. The van der Waals surface area contributed by atoms with Gasteiger partial charge in [0.1, 0.15) is 11.8 Å². The maximum atomic E-state index is 12.3. The van der Waals surface area contributed by atoms with E-state index in [-0.39, 0.29) is 36.1 Å². The summed E-state index contributed by atoms with van der Waals surface area (Å²) in [4.78, 5) is 43.3. The highest BCUT2D eigenvalue weighted by Gasteiger charge is 2.10. The van der Waals surface area contributed by atoms with Gasteiger partial charge in [0.05, 0.1) is 28.6 Å². The van der Waals surface area contributed by atoms with Crippen LogP contribution in [0.3, 0.4) is 0 Å². The normalized spacial score (nSPS) is 11.0. The summed E-state index contributed by atoms with van der Waals surface area (Å²) in [7, 11) is 0. The average Bonchev–Trinajstić information content (AvgIpc) is 2.91. The quantitative estimate of drug-likeness (QED) is 0.277.